The number of likely N-dealkylation sites (tertiary alicyclic amines) is 1. The minimum Gasteiger partial charge on any atom is -0.508 e. The normalized spacial score (nSPS) is 18.8. The molecule has 1 heterocycles. The fourth-order valence-electron chi connectivity index (χ4n) is 2.91. The van der Waals surface area contributed by atoms with E-state index in [4.69, 9.17) is 0 Å². The fourth-order valence-corrected chi connectivity index (χ4v) is 2.91. The summed E-state index contributed by atoms with van der Waals surface area (Å²) in [5.74, 6) is 1.31. The van der Waals surface area contributed by atoms with E-state index in [2.05, 4.69) is 17.1 Å². The highest BCUT2D eigenvalue weighted by Crippen LogP contribution is 2.27. The van der Waals surface area contributed by atoms with Crippen LogP contribution in [-0.2, 0) is 0 Å². The van der Waals surface area contributed by atoms with Crippen molar-refractivity contribution >= 4 is 0 Å². The van der Waals surface area contributed by atoms with Crippen molar-refractivity contribution in [1.29, 1.82) is 0 Å². The van der Waals surface area contributed by atoms with Gasteiger partial charge in [-0.25, -0.2) is 0 Å². The van der Waals surface area contributed by atoms with Crippen LogP contribution in [0.5, 0.6) is 11.5 Å². The SMILES string of the molecule is CC1CCN(CCCNC(C)c2cc(O)ccc2O)CC1. The number of nitrogens with one attached hydrogen (secondary N) is 1. The van der Waals surface area contributed by atoms with E-state index >= 15 is 0 Å². The molecule has 1 atom stereocenters. The van der Waals surface area contributed by atoms with Crippen LogP contribution in [0.2, 0.25) is 0 Å². The van der Waals surface area contributed by atoms with E-state index in [1.165, 1.54) is 38.1 Å². The number of hydrogen-bond acceptors (Lipinski definition) is 4. The van der Waals surface area contributed by atoms with Gasteiger partial charge in [0.25, 0.3) is 0 Å². The monoisotopic (exact) mass is 292 g/mol. The molecule has 0 spiro atoms. The lowest BCUT2D eigenvalue weighted by Crippen LogP contribution is -2.35. The summed E-state index contributed by atoms with van der Waals surface area (Å²) in [7, 11) is 0. The van der Waals surface area contributed by atoms with Crippen LogP contribution in [-0.4, -0.2) is 41.3 Å². The molecule has 3 N–H and O–H groups in total. The van der Waals surface area contributed by atoms with E-state index in [1.54, 1.807) is 6.07 Å². The Hall–Kier alpha value is -1.26. The summed E-state index contributed by atoms with van der Waals surface area (Å²) in [5.41, 5.74) is 0.752. The average molecular weight is 292 g/mol. The van der Waals surface area contributed by atoms with Gasteiger partial charge in [-0.3, -0.25) is 0 Å². The molecule has 1 saturated heterocycles. The van der Waals surface area contributed by atoms with Crippen molar-refractivity contribution in [1.82, 2.24) is 10.2 Å². The highest BCUT2D eigenvalue weighted by atomic mass is 16.3. The van der Waals surface area contributed by atoms with Crippen LogP contribution in [0.1, 0.15) is 44.7 Å². The van der Waals surface area contributed by atoms with Crippen LogP contribution >= 0.6 is 0 Å². The second-order valence-corrected chi connectivity index (χ2v) is 6.30. The molecular weight excluding hydrogens is 264 g/mol. The van der Waals surface area contributed by atoms with E-state index in [0.717, 1.165) is 31.0 Å². The van der Waals surface area contributed by atoms with Crippen molar-refractivity contribution in [3.63, 3.8) is 0 Å². The van der Waals surface area contributed by atoms with Crippen LogP contribution < -0.4 is 5.32 Å². The topological polar surface area (TPSA) is 55.7 Å². The molecule has 21 heavy (non-hydrogen) atoms. The van der Waals surface area contributed by atoms with E-state index in [-0.39, 0.29) is 17.5 Å². The molecular formula is C17H28N2O2. The lowest BCUT2D eigenvalue weighted by molar-refractivity contribution is 0.190. The molecule has 0 saturated carbocycles. The van der Waals surface area contributed by atoms with Gasteiger partial charge in [-0.15, -0.1) is 0 Å². The predicted molar refractivity (Wildman–Crippen MR) is 85.6 cm³/mol. The minimum atomic E-state index is 0.0403. The Kier molecular flexibility index (Phi) is 5.88. The number of hydrogen-bond donors (Lipinski definition) is 3. The highest BCUT2D eigenvalue weighted by molar-refractivity contribution is 5.40. The largest absolute Gasteiger partial charge is 0.508 e. The quantitative estimate of drug-likeness (QED) is 0.557. The Morgan fingerprint density at radius 1 is 1.29 bits per heavy atom. The predicted octanol–water partition coefficient (Wildman–Crippen LogP) is 2.87. The summed E-state index contributed by atoms with van der Waals surface area (Å²) >= 11 is 0. The zero-order valence-corrected chi connectivity index (χ0v) is 13.2. The van der Waals surface area contributed by atoms with Gasteiger partial charge in [0.1, 0.15) is 11.5 Å². The van der Waals surface area contributed by atoms with Crippen LogP contribution in [0.3, 0.4) is 0 Å². The molecule has 4 nitrogen and oxygen atoms in total. The molecule has 0 aromatic heterocycles. The van der Waals surface area contributed by atoms with Crippen molar-refractivity contribution in [3.05, 3.63) is 23.8 Å². The fraction of sp³-hybridized carbons (Fsp3) is 0.647. The first-order valence-corrected chi connectivity index (χ1v) is 8.04. The highest BCUT2D eigenvalue weighted by Gasteiger charge is 2.15. The Balaban J connectivity index is 1.69. The van der Waals surface area contributed by atoms with E-state index in [0.29, 0.717) is 0 Å². The summed E-state index contributed by atoms with van der Waals surface area (Å²) in [6, 6.07) is 4.71. The number of benzene rings is 1. The Bertz CT molecular complexity index is 442. The average Bonchev–Trinajstić information content (AvgIpc) is 2.47. The Morgan fingerprint density at radius 2 is 2.00 bits per heavy atom. The van der Waals surface area contributed by atoms with Crippen LogP contribution in [0.25, 0.3) is 0 Å². The first kappa shape index (κ1) is 16.1. The maximum absolute atomic E-state index is 9.83. The summed E-state index contributed by atoms with van der Waals surface area (Å²) < 4.78 is 0. The Labute approximate surface area is 127 Å². The third kappa shape index (κ3) is 4.90. The second-order valence-electron chi connectivity index (χ2n) is 6.30. The van der Waals surface area contributed by atoms with Gasteiger partial charge in [0, 0.05) is 11.6 Å². The smallest absolute Gasteiger partial charge is 0.120 e. The van der Waals surface area contributed by atoms with Gasteiger partial charge in [0.2, 0.25) is 0 Å². The molecule has 0 bridgehead atoms. The summed E-state index contributed by atoms with van der Waals surface area (Å²) in [4.78, 5) is 2.54. The van der Waals surface area contributed by atoms with Crippen molar-refractivity contribution in [2.75, 3.05) is 26.2 Å². The summed E-state index contributed by atoms with van der Waals surface area (Å²) in [6.07, 6.45) is 3.75. The van der Waals surface area contributed by atoms with Crippen LogP contribution in [0.4, 0.5) is 0 Å². The van der Waals surface area contributed by atoms with Crippen molar-refractivity contribution in [2.24, 2.45) is 5.92 Å². The lowest BCUT2D eigenvalue weighted by atomic mass is 9.99. The van der Waals surface area contributed by atoms with Gasteiger partial charge in [-0.05, 0) is 76.5 Å². The molecule has 1 aromatic rings. The third-order valence-corrected chi connectivity index (χ3v) is 4.46. The summed E-state index contributed by atoms with van der Waals surface area (Å²) in [5, 5.41) is 22.8. The first-order chi connectivity index (χ1) is 10.1. The van der Waals surface area contributed by atoms with Gasteiger partial charge in [0.15, 0.2) is 0 Å². The number of nitrogens with zero attached hydrogens (tertiary/aromatic N) is 1. The molecule has 0 radical (unpaired) electrons. The molecule has 2 rings (SSSR count). The molecule has 1 fully saturated rings. The number of phenols is 2. The number of piperidine rings is 1. The first-order valence-electron chi connectivity index (χ1n) is 8.04. The number of phenolic OH excluding ortho intramolecular Hbond substituents is 2. The molecule has 1 aromatic carbocycles. The van der Waals surface area contributed by atoms with Gasteiger partial charge < -0.3 is 20.4 Å². The van der Waals surface area contributed by atoms with Crippen LogP contribution in [0.15, 0.2) is 18.2 Å². The second kappa shape index (κ2) is 7.66. The van der Waals surface area contributed by atoms with E-state index in [1.807, 2.05) is 6.92 Å². The van der Waals surface area contributed by atoms with Gasteiger partial charge in [-0.2, -0.15) is 0 Å². The molecule has 1 unspecified atom stereocenters. The molecule has 0 amide bonds. The van der Waals surface area contributed by atoms with Gasteiger partial charge >= 0.3 is 0 Å². The van der Waals surface area contributed by atoms with Crippen LogP contribution in [0, 0.1) is 5.92 Å². The maximum Gasteiger partial charge on any atom is 0.120 e. The molecule has 118 valence electrons. The number of rotatable bonds is 6. The van der Waals surface area contributed by atoms with Crippen molar-refractivity contribution in [2.45, 2.75) is 39.2 Å². The number of aromatic hydroxyl groups is 2. The molecule has 0 aliphatic carbocycles. The van der Waals surface area contributed by atoms with E-state index in [9.17, 15) is 10.2 Å². The Morgan fingerprint density at radius 3 is 2.71 bits per heavy atom. The minimum absolute atomic E-state index is 0.0403. The lowest BCUT2D eigenvalue weighted by Gasteiger charge is -2.30. The molecule has 4 heteroatoms. The maximum atomic E-state index is 9.83. The zero-order valence-electron chi connectivity index (χ0n) is 13.2. The summed E-state index contributed by atoms with van der Waals surface area (Å²) in [6.45, 7) is 8.86. The van der Waals surface area contributed by atoms with Gasteiger partial charge in [0.05, 0.1) is 0 Å². The van der Waals surface area contributed by atoms with E-state index < -0.39 is 0 Å². The van der Waals surface area contributed by atoms with Crippen molar-refractivity contribution in [3.8, 4) is 11.5 Å². The molecule has 1 aliphatic rings. The molecule has 1 aliphatic heterocycles. The zero-order chi connectivity index (χ0) is 15.2. The standard InChI is InChI=1S/C17H28N2O2/c1-13-6-10-19(11-7-13)9-3-8-18-14(2)16-12-15(20)4-5-17(16)21/h4-5,12-14,18,20-21H,3,6-11H2,1-2H3. The van der Waals surface area contributed by atoms with Crippen molar-refractivity contribution < 1.29 is 10.2 Å². The third-order valence-electron chi connectivity index (χ3n) is 4.46. The van der Waals surface area contributed by atoms with Gasteiger partial charge in [-0.1, -0.05) is 6.92 Å².